The molecule has 0 aromatic heterocycles. The van der Waals surface area contributed by atoms with E-state index in [9.17, 15) is 9.18 Å². The second-order valence-corrected chi connectivity index (χ2v) is 6.76. The molecule has 3 aromatic rings. The summed E-state index contributed by atoms with van der Waals surface area (Å²) in [5, 5.41) is 6.25. The Kier molecular flexibility index (Phi) is 5.31. The second kappa shape index (κ2) is 8.23. The Hall–Kier alpha value is -4.27. The van der Waals surface area contributed by atoms with Crippen LogP contribution in [0.15, 0.2) is 59.7 Å². The van der Waals surface area contributed by atoms with Crippen molar-refractivity contribution in [3.8, 4) is 23.0 Å². The Morgan fingerprint density at radius 3 is 2.61 bits per heavy atom. The molecule has 1 amide bonds. The van der Waals surface area contributed by atoms with Crippen LogP contribution in [-0.2, 0) is 0 Å². The molecule has 0 bridgehead atoms. The van der Waals surface area contributed by atoms with Crippen molar-refractivity contribution >= 4 is 17.4 Å². The van der Waals surface area contributed by atoms with Crippen LogP contribution >= 0.6 is 0 Å². The summed E-state index contributed by atoms with van der Waals surface area (Å²) in [7, 11) is 0. The monoisotopic (exact) mass is 422 g/mol. The molecule has 0 radical (unpaired) electrons. The SMILES string of the molecule is Cc1cc(F)ccc1Oc1cc2c(cc1C(=O)Nc1cccc(C(N)=NN)c1)OCO2. The van der Waals surface area contributed by atoms with E-state index in [2.05, 4.69) is 10.4 Å². The molecule has 0 aliphatic carbocycles. The van der Waals surface area contributed by atoms with E-state index in [1.54, 1.807) is 37.3 Å². The van der Waals surface area contributed by atoms with Gasteiger partial charge in [-0.3, -0.25) is 4.79 Å². The molecule has 0 fully saturated rings. The summed E-state index contributed by atoms with van der Waals surface area (Å²) in [6, 6.07) is 14.0. The van der Waals surface area contributed by atoms with Gasteiger partial charge in [-0.1, -0.05) is 12.1 Å². The largest absolute Gasteiger partial charge is 0.456 e. The maximum atomic E-state index is 13.4. The normalized spacial score (nSPS) is 12.5. The molecule has 4 rings (SSSR count). The van der Waals surface area contributed by atoms with Crippen molar-refractivity contribution in [3.63, 3.8) is 0 Å². The molecule has 1 aliphatic heterocycles. The number of anilines is 1. The summed E-state index contributed by atoms with van der Waals surface area (Å²) in [5.41, 5.74) is 7.56. The van der Waals surface area contributed by atoms with Crippen molar-refractivity contribution in [2.75, 3.05) is 12.1 Å². The standard InChI is InChI=1S/C22H19FN4O4/c1-12-7-14(23)5-6-17(12)31-18-10-20-19(29-11-30-20)9-16(18)22(28)26-15-4-2-3-13(8-15)21(24)27-25/h2-10H,11,25H2,1H3,(H2,24,27)(H,26,28). The molecule has 3 aromatic carbocycles. The Balaban J connectivity index is 1.68. The van der Waals surface area contributed by atoms with E-state index in [0.29, 0.717) is 34.1 Å². The van der Waals surface area contributed by atoms with Crippen molar-refractivity contribution in [2.45, 2.75) is 6.92 Å². The number of fused-ring (bicyclic) bond motifs is 1. The number of carbonyl (C=O) groups is 1. The predicted octanol–water partition coefficient (Wildman–Crippen LogP) is 3.49. The Labute approximate surface area is 177 Å². The lowest BCUT2D eigenvalue weighted by molar-refractivity contribution is 0.102. The van der Waals surface area contributed by atoms with Crippen LogP contribution in [-0.4, -0.2) is 18.5 Å². The zero-order valence-electron chi connectivity index (χ0n) is 16.5. The molecule has 8 nitrogen and oxygen atoms in total. The van der Waals surface area contributed by atoms with Crippen LogP contribution in [0.1, 0.15) is 21.5 Å². The summed E-state index contributed by atoms with van der Waals surface area (Å²) < 4.78 is 30.2. The van der Waals surface area contributed by atoms with Gasteiger partial charge in [0.15, 0.2) is 11.5 Å². The van der Waals surface area contributed by atoms with Gasteiger partial charge in [-0.2, -0.15) is 5.10 Å². The van der Waals surface area contributed by atoms with E-state index >= 15 is 0 Å². The lowest BCUT2D eigenvalue weighted by Gasteiger charge is -2.14. The highest BCUT2D eigenvalue weighted by atomic mass is 19.1. The molecule has 0 saturated carbocycles. The fourth-order valence-corrected chi connectivity index (χ4v) is 3.06. The minimum Gasteiger partial charge on any atom is -0.456 e. The second-order valence-electron chi connectivity index (χ2n) is 6.76. The molecule has 1 aliphatic rings. The maximum Gasteiger partial charge on any atom is 0.259 e. The zero-order valence-corrected chi connectivity index (χ0v) is 16.5. The number of hydrazone groups is 1. The number of ether oxygens (including phenoxy) is 3. The lowest BCUT2D eigenvalue weighted by Crippen LogP contribution is -2.17. The highest BCUT2D eigenvalue weighted by Crippen LogP contribution is 2.40. The molecule has 158 valence electrons. The van der Waals surface area contributed by atoms with Gasteiger partial charge >= 0.3 is 0 Å². The molecule has 5 N–H and O–H groups in total. The summed E-state index contributed by atoms with van der Waals surface area (Å²) >= 11 is 0. The number of rotatable bonds is 5. The van der Waals surface area contributed by atoms with Crippen LogP contribution in [0.5, 0.6) is 23.0 Å². The first-order chi connectivity index (χ1) is 14.9. The molecular weight excluding hydrogens is 403 g/mol. The predicted molar refractivity (Wildman–Crippen MR) is 113 cm³/mol. The van der Waals surface area contributed by atoms with Gasteiger partial charge in [-0.15, -0.1) is 0 Å². The van der Waals surface area contributed by atoms with Crippen LogP contribution < -0.4 is 31.1 Å². The maximum absolute atomic E-state index is 13.4. The third-order valence-corrected chi connectivity index (χ3v) is 4.63. The van der Waals surface area contributed by atoms with Crippen molar-refractivity contribution < 1.29 is 23.4 Å². The van der Waals surface area contributed by atoms with E-state index in [4.69, 9.17) is 25.8 Å². The van der Waals surface area contributed by atoms with Crippen LogP contribution in [0.2, 0.25) is 0 Å². The van der Waals surface area contributed by atoms with Crippen molar-refractivity contribution in [1.29, 1.82) is 0 Å². The number of amidine groups is 1. The first-order valence-corrected chi connectivity index (χ1v) is 9.27. The molecule has 0 spiro atoms. The Morgan fingerprint density at radius 2 is 1.87 bits per heavy atom. The number of hydrogen-bond donors (Lipinski definition) is 3. The first kappa shape index (κ1) is 20.0. The van der Waals surface area contributed by atoms with Crippen LogP contribution in [0, 0.1) is 12.7 Å². The van der Waals surface area contributed by atoms with Gasteiger partial charge in [0.25, 0.3) is 5.91 Å². The topological polar surface area (TPSA) is 121 Å². The van der Waals surface area contributed by atoms with Gasteiger partial charge in [0.05, 0.1) is 5.56 Å². The van der Waals surface area contributed by atoms with Crippen molar-refractivity contribution in [1.82, 2.24) is 0 Å². The summed E-state index contributed by atoms with van der Waals surface area (Å²) in [6.45, 7) is 1.75. The summed E-state index contributed by atoms with van der Waals surface area (Å²) in [6.07, 6.45) is 0. The molecule has 1 heterocycles. The number of nitrogens with one attached hydrogen (secondary N) is 1. The van der Waals surface area contributed by atoms with Crippen LogP contribution in [0.25, 0.3) is 0 Å². The van der Waals surface area contributed by atoms with Crippen molar-refractivity contribution in [2.24, 2.45) is 16.7 Å². The van der Waals surface area contributed by atoms with Gasteiger partial charge in [0, 0.05) is 23.4 Å². The minimum absolute atomic E-state index is 0.0369. The fourth-order valence-electron chi connectivity index (χ4n) is 3.06. The van der Waals surface area contributed by atoms with Gasteiger partial charge in [0.2, 0.25) is 6.79 Å². The summed E-state index contributed by atoms with van der Waals surface area (Å²) in [4.78, 5) is 13.1. The Morgan fingerprint density at radius 1 is 1.10 bits per heavy atom. The average Bonchev–Trinajstić information content (AvgIpc) is 3.22. The lowest BCUT2D eigenvalue weighted by atomic mass is 10.1. The number of amides is 1. The fraction of sp³-hybridized carbons (Fsp3) is 0.0909. The first-order valence-electron chi connectivity index (χ1n) is 9.27. The van der Waals surface area contributed by atoms with E-state index in [1.165, 1.54) is 24.3 Å². The molecule has 0 saturated heterocycles. The average molecular weight is 422 g/mol. The highest BCUT2D eigenvalue weighted by Gasteiger charge is 2.23. The molecule has 0 atom stereocenters. The molecular formula is C22H19FN4O4. The van der Waals surface area contributed by atoms with Gasteiger partial charge < -0.3 is 31.1 Å². The van der Waals surface area contributed by atoms with Gasteiger partial charge in [-0.05, 0) is 42.8 Å². The molecule has 31 heavy (non-hydrogen) atoms. The van der Waals surface area contributed by atoms with Crippen LogP contribution in [0.4, 0.5) is 10.1 Å². The zero-order chi connectivity index (χ0) is 22.0. The van der Waals surface area contributed by atoms with E-state index in [1.807, 2.05) is 0 Å². The quantitative estimate of drug-likeness (QED) is 0.250. The number of aryl methyl sites for hydroxylation is 1. The number of hydrogen-bond acceptors (Lipinski definition) is 6. The van der Waals surface area contributed by atoms with Gasteiger partial charge in [-0.25, -0.2) is 4.39 Å². The minimum atomic E-state index is -0.450. The van der Waals surface area contributed by atoms with E-state index in [-0.39, 0.29) is 29.8 Å². The molecule has 0 unspecified atom stereocenters. The van der Waals surface area contributed by atoms with E-state index in [0.717, 1.165) is 0 Å². The number of carbonyl (C=O) groups excluding carboxylic acids is 1. The number of benzene rings is 3. The number of nitrogens with two attached hydrogens (primary N) is 2. The third kappa shape index (κ3) is 4.20. The smallest absolute Gasteiger partial charge is 0.259 e. The van der Waals surface area contributed by atoms with Crippen LogP contribution in [0.3, 0.4) is 0 Å². The number of nitrogens with zero attached hydrogens (tertiary/aromatic N) is 1. The number of halogens is 1. The van der Waals surface area contributed by atoms with Gasteiger partial charge in [0.1, 0.15) is 23.2 Å². The molecule has 9 heteroatoms. The third-order valence-electron chi connectivity index (χ3n) is 4.63. The Bertz CT molecular complexity index is 1200. The van der Waals surface area contributed by atoms with Crippen molar-refractivity contribution in [3.05, 3.63) is 77.1 Å². The summed E-state index contributed by atoms with van der Waals surface area (Å²) in [5.74, 6) is 6.03. The van der Waals surface area contributed by atoms with E-state index < -0.39 is 5.91 Å². The highest BCUT2D eigenvalue weighted by molar-refractivity contribution is 6.07.